The summed E-state index contributed by atoms with van der Waals surface area (Å²) in [6.45, 7) is 1.10. The lowest BCUT2D eigenvalue weighted by molar-refractivity contribution is 0.0952. The van der Waals surface area contributed by atoms with Crippen molar-refractivity contribution in [1.29, 1.82) is 0 Å². The zero-order chi connectivity index (χ0) is 14.5. The molecule has 1 N–H and O–H groups in total. The van der Waals surface area contributed by atoms with Gasteiger partial charge in [0, 0.05) is 25.5 Å². The smallest absolute Gasteiger partial charge is 0.252 e. The van der Waals surface area contributed by atoms with Gasteiger partial charge in [-0.05, 0) is 18.6 Å². The van der Waals surface area contributed by atoms with E-state index in [1.165, 1.54) is 0 Å². The second kappa shape index (κ2) is 6.47. The lowest BCUT2D eigenvalue weighted by Gasteiger charge is -2.07. The van der Waals surface area contributed by atoms with Crippen molar-refractivity contribution in [3.63, 3.8) is 0 Å². The highest BCUT2D eigenvalue weighted by Gasteiger charge is 2.14. The topological polar surface area (TPSA) is 46.9 Å². The zero-order valence-electron chi connectivity index (χ0n) is 10.4. The maximum absolute atomic E-state index is 13.1. The van der Waals surface area contributed by atoms with E-state index in [0.717, 1.165) is 12.1 Å². The predicted molar refractivity (Wildman–Crippen MR) is 70.5 cm³/mol. The van der Waals surface area contributed by atoms with Crippen molar-refractivity contribution in [2.75, 3.05) is 6.54 Å². The Labute approximate surface area is 119 Å². The van der Waals surface area contributed by atoms with Crippen LogP contribution in [0.3, 0.4) is 0 Å². The number of nitrogens with one attached hydrogen (secondary N) is 1. The fraction of sp³-hybridized carbons (Fsp3) is 0.231. The third kappa shape index (κ3) is 3.54. The van der Waals surface area contributed by atoms with E-state index in [4.69, 9.17) is 11.6 Å². The van der Waals surface area contributed by atoms with E-state index >= 15 is 0 Å². The first-order chi connectivity index (χ1) is 9.58. The number of rotatable bonds is 5. The number of hydrogen-bond acceptors (Lipinski definition) is 2. The molecule has 2 aromatic rings. The van der Waals surface area contributed by atoms with Crippen molar-refractivity contribution in [3.05, 3.63) is 53.1 Å². The van der Waals surface area contributed by atoms with Crippen LogP contribution in [0.15, 0.2) is 30.9 Å². The Kier molecular flexibility index (Phi) is 4.68. The maximum atomic E-state index is 13.1. The number of aryl methyl sites for hydroxylation is 1. The van der Waals surface area contributed by atoms with Gasteiger partial charge in [-0.25, -0.2) is 13.8 Å². The van der Waals surface area contributed by atoms with Gasteiger partial charge >= 0.3 is 0 Å². The van der Waals surface area contributed by atoms with Crippen LogP contribution in [0, 0.1) is 11.6 Å². The van der Waals surface area contributed by atoms with Gasteiger partial charge in [0.05, 0.1) is 16.9 Å². The molecule has 1 aromatic carbocycles. The van der Waals surface area contributed by atoms with Crippen LogP contribution in [0.4, 0.5) is 8.78 Å². The van der Waals surface area contributed by atoms with E-state index in [1.807, 2.05) is 10.8 Å². The Bertz CT molecular complexity index is 602. The molecule has 106 valence electrons. The quantitative estimate of drug-likeness (QED) is 0.681. The SMILES string of the molecule is O=C(NCCCn1ccnc1)c1cc(F)c(F)cc1Cl. The Hall–Kier alpha value is -1.95. The van der Waals surface area contributed by atoms with Gasteiger partial charge in [0.25, 0.3) is 5.91 Å². The molecule has 0 aliphatic rings. The number of hydrogen-bond donors (Lipinski definition) is 1. The highest BCUT2D eigenvalue weighted by Crippen LogP contribution is 2.19. The summed E-state index contributed by atoms with van der Waals surface area (Å²) < 4.78 is 27.8. The van der Waals surface area contributed by atoms with E-state index in [-0.39, 0.29) is 10.6 Å². The average Bonchev–Trinajstić information content (AvgIpc) is 2.92. The number of benzene rings is 1. The summed E-state index contributed by atoms with van der Waals surface area (Å²) in [6.07, 6.45) is 5.84. The van der Waals surface area contributed by atoms with Gasteiger partial charge in [0.15, 0.2) is 11.6 Å². The number of aromatic nitrogens is 2. The third-order valence-corrected chi connectivity index (χ3v) is 3.01. The average molecular weight is 300 g/mol. The summed E-state index contributed by atoms with van der Waals surface area (Å²) in [6, 6.07) is 1.58. The Morgan fingerprint density at radius 3 is 2.80 bits per heavy atom. The Morgan fingerprint density at radius 1 is 1.35 bits per heavy atom. The molecule has 1 amide bonds. The van der Waals surface area contributed by atoms with Crippen molar-refractivity contribution in [1.82, 2.24) is 14.9 Å². The van der Waals surface area contributed by atoms with Crippen LogP contribution in [-0.2, 0) is 6.54 Å². The van der Waals surface area contributed by atoms with Gasteiger partial charge in [-0.3, -0.25) is 4.79 Å². The Morgan fingerprint density at radius 2 is 2.10 bits per heavy atom. The first kappa shape index (κ1) is 14.5. The standard InChI is InChI=1S/C13H12ClF2N3O/c14-10-7-12(16)11(15)6-9(10)13(20)18-2-1-4-19-5-3-17-8-19/h3,5-8H,1-2,4H2,(H,18,20). The number of imidazole rings is 1. The normalized spacial score (nSPS) is 10.6. The predicted octanol–water partition coefficient (Wildman–Crippen LogP) is 2.63. The summed E-state index contributed by atoms with van der Waals surface area (Å²) in [5.41, 5.74) is -0.0757. The molecule has 0 aliphatic carbocycles. The van der Waals surface area contributed by atoms with Crippen LogP contribution in [0.5, 0.6) is 0 Å². The number of nitrogens with zero attached hydrogens (tertiary/aromatic N) is 2. The van der Waals surface area contributed by atoms with Crippen molar-refractivity contribution in [2.24, 2.45) is 0 Å². The van der Waals surface area contributed by atoms with E-state index in [0.29, 0.717) is 19.5 Å². The number of halogens is 3. The van der Waals surface area contributed by atoms with E-state index in [9.17, 15) is 13.6 Å². The summed E-state index contributed by atoms with van der Waals surface area (Å²) in [5, 5.41) is 2.49. The molecule has 0 fully saturated rings. The van der Waals surface area contributed by atoms with Crippen molar-refractivity contribution in [2.45, 2.75) is 13.0 Å². The minimum absolute atomic E-state index is 0.0757. The maximum Gasteiger partial charge on any atom is 0.252 e. The van der Waals surface area contributed by atoms with E-state index < -0.39 is 17.5 Å². The molecule has 2 rings (SSSR count). The number of carbonyl (C=O) groups excluding carboxylic acids is 1. The highest BCUT2D eigenvalue weighted by molar-refractivity contribution is 6.33. The van der Waals surface area contributed by atoms with Gasteiger partial charge in [-0.1, -0.05) is 11.6 Å². The number of carbonyl (C=O) groups is 1. The molecule has 0 atom stereocenters. The molecule has 0 saturated heterocycles. The first-order valence-electron chi connectivity index (χ1n) is 5.96. The van der Waals surface area contributed by atoms with Crippen LogP contribution in [0.2, 0.25) is 5.02 Å². The van der Waals surface area contributed by atoms with E-state index in [2.05, 4.69) is 10.3 Å². The summed E-state index contributed by atoms with van der Waals surface area (Å²) >= 11 is 5.71. The second-order valence-corrected chi connectivity index (χ2v) is 4.56. The van der Waals surface area contributed by atoms with Gasteiger partial charge < -0.3 is 9.88 Å². The molecule has 1 heterocycles. The molecule has 0 bridgehead atoms. The molecule has 0 unspecified atom stereocenters. The summed E-state index contributed by atoms with van der Waals surface area (Å²) in [4.78, 5) is 15.7. The van der Waals surface area contributed by atoms with E-state index in [1.54, 1.807) is 12.5 Å². The van der Waals surface area contributed by atoms with Gasteiger partial charge in [0.1, 0.15) is 0 Å². The van der Waals surface area contributed by atoms with Crippen LogP contribution in [-0.4, -0.2) is 22.0 Å². The fourth-order valence-electron chi connectivity index (χ4n) is 1.67. The fourth-order valence-corrected chi connectivity index (χ4v) is 1.91. The van der Waals surface area contributed by atoms with Crippen molar-refractivity contribution in [3.8, 4) is 0 Å². The molecule has 4 nitrogen and oxygen atoms in total. The lowest BCUT2D eigenvalue weighted by atomic mass is 10.2. The monoisotopic (exact) mass is 299 g/mol. The van der Waals surface area contributed by atoms with Gasteiger partial charge in [0.2, 0.25) is 0 Å². The highest BCUT2D eigenvalue weighted by atomic mass is 35.5. The van der Waals surface area contributed by atoms with Crippen LogP contribution in [0.25, 0.3) is 0 Å². The molecule has 0 aliphatic heterocycles. The molecular weight excluding hydrogens is 288 g/mol. The second-order valence-electron chi connectivity index (χ2n) is 4.16. The van der Waals surface area contributed by atoms with Gasteiger partial charge in [-0.15, -0.1) is 0 Å². The van der Waals surface area contributed by atoms with Crippen LogP contribution < -0.4 is 5.32 Å². The molecular formula is C13H12ClF2N3O. The van der Waals surface area contributed by atoms with Gasteiger partial charge in [-0.2, -0.15) is 0 Å². The molecule has 20 heavy (non-hydrogen) atoms. The Balaban J connectivity index is 1.87. The van der Waals surface area contributed by atoms with Crippen LogP contribution >= 0.6 is 11.6 Å². The largest absolute Gasteiger partial charge is 0.352 e. The lowest BCUT2D eigenvalue weighted by Crippen LogP contribution is -2.25. The third-order valence-electron chi connectivity index (χ3n) is 2.69. The molecule has 0 radical (unpaired) electrons. The number of amides is 1. The molecule has 1 aromatic heterocycles. The van der Waals surface area contributed by atoms with Crippen LogP contribution in [0.1, 0.15) is 16.8 Å². The molecule has 7 heteroatoms. The minimum atomic E-state index is -1.10. The first-order valence-corrected chi connectivity index (χ1v) is 6.34. The molecule has 0 spiro atoms. The minimum Gasteiger partial charge on any atom is -0.352 e. The zero-order valence-corrected chi connectivity index (χ0v) is 11.2. The summed E-state index contributed by atoms with van der Waals surface area (Å²) in [7, 11) is 0. The van der Waals surface area contributed by atoms with Crippen molar-refractivity contribution >= 4 is 17.5 Å². The summed E-state index contributed by atoms with van der Waals surface area (Å²) in [5.74, 6) is -2.70. The van der Waals surface area contributed by atoms with Crippen molar-refractivity contribution < 1.29 is 13.6 Å². The molecule has 0 saturated carbocycles.